The van der Waals surface area contributed by atoms with Crippen molar-refractivity contribution in [2.75, 3.05) is 6.54 Å². The largest absolute Gasteiger partial charge is 0.330 e. The number of rotatable bonds is 3. The van der Waals surface area contributed by atoms with E-state index in [9.17, 15) is 0 Å². The molecule has 5 heteroatoms. The quantitative estimate of drug-likeness (QED) is 0.944. The van der Waals surface area contributed by atoms with Gasteiger partial charge in [-0.15, -0.1) is 0 Å². The van der Waals surface area contributed by atoms with Gasteiger partial charge in [0.1, 0.15) is 11.6 Å². The Morgan fingerprint density at radius 3 is 2.71 bits per heavy atom. The number of nitrogens with zero attached hydrogens (tertiary/aromatic N) is 3. The zero-order valence-corrected chi connectivity index (χ0v) is 11.5. The topological polar surface area (TPSA) is 56.7 Å². The van der Waals surface area contributed by atoms with Crippen LogP contribution < -0.4 is 5.73 Å². The van der Waals surface area contributed by atoms with Crippen molar-refractivity contribution in [2.45, 2.75) is 20.3 Å². The van der Waals surface area contributed by atoms with Crippen LogP contribution in [0.4, 0.5) is 0 Å². The SMILES string of the molecule is Cc1nc(C)n(-c2cc(Br)ccc2CCN)n1. The maximum absolute atomic E-state index is 5.63. The van der Waals surface area contributed by atoms with E-state index in [1.807, 2.05) is 30.7 Å². The number of aromatic nitrogens is 3. The molecule has 0 spiro atoms. The number of aryl methyl sites for hydroxylation is 2. The summed E-state index contributed by atoms with van der Waals surface area (Å²) in [7, 11) is 0. The van der Waals surface area contributed by atoms with Gasteiger partial charge in [-0.25, -0.2) is 9.67 Å². The molecule has 0 unspecified atom stereocenters. The molecule has 2 rings (SSSR count). The fourth-order valence-corrected chi connectivity index (χ4v) is 2.20. The van der Waals surface area contributed by atoms with Crippen LogP contribution in [0.15, 0.2) is 22.7 Å². The lowest BCUT2D eigenvalue weighted by Crippen LogP contribution is -2.08. The highest BCUT2D eigenvalue weighted by atomic mass is 79.9. The average molecular weight is 295 g/mol. The van der Waals surface area contributed by atoms with Crippen LogP contribution in [0.1, 0.15) is 17.2 Å². The van der Waals surface area contributed by atoms with E-state index in [2.05, 4.69) is 32.1 Å². The molecule has 0 aliphatic carbocycles. The van der Waals surface area contributed by atoms with Crippen molar-refractivity contribution in [2.24, 2.45) is 5.73 Å². The molecule has 0 atom stereocenters. The van der Waals surface area contributed by atoms with Gasteiger partial charge in [0.25, 0.3) is 0 Å². The smallest absolute Gasteiger partial charge is 0.148 e. The summed E-state index contributed by atoms with van der Waals surface area (Å²) in [6.45, 7) is 4.47. The van der Waals surface area contributed by atoms with Gasteiger partial charge < -0.3 is 5.73 Å². The maximum atomic E-state index is 5.63. The summed E-state index contributed by atoms with van der Waals surface area (Å²) in [4.78, 5) is 4.32. The van der Waals surface area contributed by atoms with Gasteiger partial charge in [-0.05, 0) is 44.5 Å². The van der Waals surface area contributed by atoms with Crippen LogP contribution in [0.3, 0.4) is 0 Å². The molecule has 0 aliphatic heterocycles. The zero-order valence-electron chi connectivity index (χ0n) is 9.94. The fraction of sp³-hybridized carbons (Fsp3) is 0.333. The van der Waals surface area contributed by atoms with Gasteiger partial charge in [-0.3, -0.25) is 0 Å². The molecule has 0 radical (unpaired) electrons. The summed E-state index contributed by atoms with van der Waals surface area (Å²) in [5, 5.41) is 4.41. The Balaban J connectivity index is 2.56. The molecule has 4 nitrogen and oxygen atoms in total. The average Bonchev–Trinajstić information content (AvgIpc) is 2.61. The summed E-state index contributed by atoms with van der Waals surface area (Å²) in [5.74, 6) is 1.67. The van der Waals surface area contributed by atoms with E-state index in [1.54, 1.807) is 0 Å². The van der Waals surface area contributed by atoms with Gasteiger partial charge in [0.2, 0.25) is 0 Å². The first-order valence-electron chi connectivity index (χ1n) is 5.51. The van der Waals surface area contributed by atoms with Crippen molar-refractivity contribution in [1.29, 1.82) is 0 Å². The van der Waals surface area contributed by atoms with Crippen LogP contribution >= 0.6 is 15.9 Å². The van der Waals surface area contributed by atoms with E-state index >= 15 is 0 Å². The van der Waals surface area contributed by atoms with E-state index in [0.29, 0.717) is 6.54 Å². The summed E-state index contributed by atoms with van der Waals surface area (Å²) >= 11 is 3.48. The predicted molar refractivity (Wildman–Crippen MR) is 71.3 cm³/mol. The molecule has 17 heavy (non-hydrogen) atoms. The second-order valence-corrected chi connectivity index (χ2v) is 4.85. The van der Waals surface area contributed by atoms with Crippen molar-refractivity contribution < 1.29 is 0 Å². The van der Waals surface area contributed by atoms with Crippen LogP contribution in [-0.2, 0) is 6.42 Å². The molecule has 1 aromatic carbocycles. The highest BCUT2D eigenvalue weighted by Crippen LogP contribution is 2.21. The highest BCUT2D eigenvalue weighted by molar-refractivity contribution is 9.10. The van der Waals surface area contributed by atoms with Gasteiger partial charge >= 0.3 is 0 Å². The molecule has 2 N–H and O–H groups in total. The number of nitrogens with two attached hydrogens (primary N) is 1. The first-order valence-corrected chi connectivity index (χ1v) is 6.30. The summed E-state index contributed by atoms with van der Waals surface area (Å²) < 4.78 is 2.89. The number of benzene rings is 1. The Hall–Kier alpha value is -1.20. The monoisotopic (exact) mass is 294 g/mol. The molecule has 0 bridgehead atoms. The van der Waals surface area contributed by atoms with Crippen LogP contribution in [0.5, 0.6) is 0 Å². The van der Waals surface area contributed by atoms with Crippen LogP contribution in [0.25, 0.3) is 5.69 Å². The van der Waals surface area contributed by atoms with Crippen LogP contribution in [-0.4, -0.2) is 21.3 Å². The second kappa shape index (κ2) is 4.98. The van der Waals surface area contributed by atoms with Crippen molar-refractivity contribution in [3.8, 4) is 5.69 Å². The van der Waals surface area contributed by atoms with Gasteiger partial charge in [0.15, 0.2) is 0 Å². The van der Waals surface area contributed by atoms with Crippen LogP contribution in [0.2, 0.25) is 0 Å². The molecule has 0 saturated carbocycles. The molecule has 0 aliphatic rings. The highest BCUT2D eigenvalue weighted by Gasteiger charge is 2.10. The Kier molecular flexibility index (Phi) is 3.59. The van der Waals surface area contributed by atoms with Crippen molar-refractivity contribution in [1.82, 2.24) is 14.8 Å². The normalized spacial score (nSPS) is 10.8. The Labute approximate surface area is 109 Å². The Bertz CT molecular complexity index is 533. The molecule has 1 heterocycles. The minimum Gasteiger partial charge on any atom is -0.330 e. The third-order valence-electron chi connectivity index (χ3n) is 2.56. The number of hydrogen-bond donors (Lipinski definition) is 1. The van der Waals surface area contributed by atoms with Gasteiger partial charge in [-0.1, -0.05) is 22.0 Å². The lowest BCUT2D eigenvalue weighted by atomic mass is 10.1. The number of hydrogen-bond acceptors (Lipinski definition) is 3. The zero-order chi connectivity index (χ0) is 12.4. The van der Waals surface area contributed by atoms with Crippen LogP contribution in [0, 0.1) is 13.8 Å². The Morgan fingerprint density at radius 1 is 1.35 bits per heavy atom. The fourth-order valence-electron chi connectivity index (χ4n) is 1.85. The molecular formula is C12H15BrN4. The van der Waals surface area contributed by atoms with Gasteiger partial charge in [0.05, 0.1) is 5.69 Å². The second-order valence-electron chi connectivity index (χ2n) is 3.93. The van der Waals surface area contributed by atoms with E-state index in [1.165, 1.54) is 5.56 Å². The number of halogens is 1. The molecule has 2 aromatic rings. The van der Waals surface area contributed by atoms with Gasteiger partial charge in [0, 0.05) is 4.47 Å². The van der Waals surface area contributed by atoms with Crippen molar-refractivity contribution in [3.05, 3.63) is 39.9 Å². The molecule has 0 amide bonds. The predicted octanol–water partition coefficient (Wildman–Crippen LogP) is 2.15. The van der Waals surface area contributed by atoms with Crippen molar-refractivity contribution >= 4 is 15.9 Å². The maximum Gasteiger partial charge on any atom is 0.148 e. The first-order chi connectivity index (χ1) is 8.11. The molecule has 0 fully saturated rings. The molecule has 0 saturated heterocycles. The first kappa shape index (κ1) is 12.3. The van der Waals surface area contributed by atoms with E-state index in [0.717, 1.165) is 28.2 Å². The summed E-state index contributed by atoms with van der Waals surface area (Å²) in [6.07, 6.45) is 0.834. The third kappa shape index (κ3) is 2.56. The Morgan fingerprint density at radius 2 is 2.12 bits per heavy atom. The van der Waals surface area contributed by atoms with Gasteiger partial charge in [-0.2, -0.15) is 5.10 Å². The molecular weight excluding hydrogens is 280 g/mol. The molecule has 90 valence electrons. The minimum atomic E-state index is 0.626. The summed E-state index contributed by atoms with van der Waals surface area (Å²) in [6, 6.07) is 6.14. The molecule has 1 aromatic heterocycles. The lowest BCUT2D eigenvalue weighted by molar-refractivity contribution is 0.810. The minimum absolute atomic E-state index is 0.626. The van der Waals surface area contributed by atoms with E-state index in [4.69, 9.17) is 5.73 Å². The third-order valence-corrected chi connectivity index (χ3v) is 3.06. The van der Waals surface area contributed by atoms with E-state index < -0.39 is 0 Å². The van der Waals surface area contributed by atoms with Crippen molar-refractivity contribution in [3.63, 3.8) is 0 Å². The standard InChI is InChI=1S/C12H15BrN4/c1-8-15-9(2)17(16-8)12-7-11(13)4-3-10(12)5-6-14/h3-4,7H,5-6,14H2,1-2H3. The lowest BCUT2D eigenvalue weighted by Gasteiger charge is -2.10. The summed E-state index contributed by atoms with van der Waals surface area (Å²) in [5.41, 5.74) is 7.86. The van der Waals surface area contributed by atoms with E-state index in [-0.39, 0.29) is 0 Å².